The Kier molecular flexibility index (Phi) is 5.37. The van der Waals surface area contributed by atoms with Gasteiger partial charge in [0.05, 0.1) is 11.9 Å². The van der Waals surface area contributed by atoms with Gasteiger partial charge in [0.1, 0.15) is 6.54 Å². The summed E-state index contributed by atoms with van der Waals surface area (Å²) >= 11 is 0. The number of alkyl halides is 6. The number of anilines is 2. The minimum atomic E-state index is -4.97. The molecule has 1 aromatic heterocycles. The van der Waals surface area contributed by atoms with Crippen LogP contribution in [0.5, 0.6) is 0 Å². The predicted octanol–water partition coefficient (Wildman–Crippen LogP) is 2.06. The minimum absolute atomic E-state index is 0.0574. The van der Waals surface area contributed by atoms with E-state index in [0.717, 1.165) is 10.9 Å². The smallest absolute Gasteiger partial charge is 0.394 e. The number of nitrogens with zero attached hydrogens (tertiary/aromatic N) is 3. The third kappa shape index (κ3) is 5.16. The van der Waals surface area contributed by atoms with E-state index in [1.54, 1.807) is 4.90 Å². The molecule has 3 N–H and O–H groups in total. The number of hydrogen-bond acceptors (Lipinski definition) is 4. The summed E-state index contributed by atoms with van der Waals surface area (Å²) in [5.74, 6) is -1.94. The van der Waals surface area contributed by atoms with Crippen molar-refractivity contribution in [3.63, 3.8) is 0 Å². The molecule has 1 aromatic rings. The van der Waals surface area contributed by atoms with Gasteiger partial charge in [0.15, 0.2) is 5.82 Å². The van der Waals surface area contributed by atoms with Gasteiger partial charge < -0.3 is 16.0 Å². The predicted molar refractivity (Wildman–Crippen MR) is 76.7 cm³/mol. The maximum Gasteiger partial charge on any atom is 0.471 e. The average molecular weight is 373 g/mol. The van der Waals surface area contributed by atoms with Crippen LogP contribution in [0.4, 0.5) is 37.8 Å². The van der Waals surface area contributed by atoms with E-state index in [0.29, 0.717) is 13.0 Å². The molecule has 2 heterocycles. The molecule has 1 atom stereocenters. The van der Waals surface area contributed by atoms with Crippen LogP contribution in [0.15, 0.2) is 6.20 Å². The highest BCUT2D eigenvalue weighted by Gasteiger charge is 2.40. The molecule has 2 rings (SSSR count). The first-order valence-corrected chi connectivity index (χ1v) is 7.48. The van der Waals surface area contributed by atoms with Crippen LogP contribution >= 0.6 is 0 Å². The van der Waals surface area contributed by atoms with Gasteiger partial charge >= 0.3 is 18.3 Å². The van der Waals surface area contributed by atoms with Crippen molar-refractivity contribution in [2.75, 3.05) is 23.7 Å². The average Bonchev–Trinajstić information content (AvgIpc) is 2.67. The molecular weight excluding hydrogens is 356 g/mol. The molecule has 0 bridgehead atoms. The van der Waals surface area contributed by atoms with Crippen molar-refractivity contribution < 1.29 is 31.1 Å². The third-order valence-electron chi connectivity index (χ3n) is 3.79. The fourth-order valence-corrected chi connectivity index (χ4v) is 2.74. The first-order chi connectivity index (χ1) is 11.5. The van der Waals surface area contributed by atoms with Crippen LogP contribution < -0.4 is 16.0 Å². The number of nitrogen functional groups attached to an aromatic ring is 1. The fourth-order valence-electron chi connectivity index (χ4n) is 2.74. The monoisotopic (exact) mass is 373 g/mol. The third-order valence-corrected chi connectivity index (χ3v) is 3.79. The molecule has 1 fully saturated rings. The van der Waals surface area contributed by atoms with Crippen molar-refractivity contribution in [1.82, 2.24) is 15.1 Å². The van der Waals surface area contributed by atoms with Crippen LogP contribution in [-0.4, -0.2) is 47.2 Å². The highest BCUT2D eigenvalue weighted by molar-refractivity contribution is 5.81. The van der Waals surface area contributed by atoms with E-state index in [9.17, 15) is 31.1 Å². The van der Waals surface area contributed by atoms with Crippen LogP contribution in [0.1, 0.15) is 19.3 Å². The number of nitrogens with one attached hydrogen (secondary N) is 1. The van der Waals surface area contributed by atoms with Gasteiger partial charge in [-0.25, -0.2) is 4.68 Å². The van der Waals surface area contributed by atoms with Gasteiger partial charge in [-0.15, -0.1) is 0 Å². The Morgan fingerprint density at radius 2 is 1.92 bits per heavy atom. The SMILES string of the molecule is Nc1cnn(CC(F)(F)F)c1N1CCC[C@@H](NC(=O)C(F)(F)F)CC1. The summed E-state index contributed by atoms with van der Waals surface area (Å²) in [5.41, 5.74) is 5.76. The lowest BCUT2D eigenvalue weighted by Crippen LogP contribution is -2.43. The first kappa shape index (κ1) is 19.2. The standard InChI is InChI=1S/C13H17F6N5O/c14-12(15,16)7-24-10(9(20)6-21-24)23-4-1-2-8(3-5-23)22-11(25)13(17,18)19/h6,8H,1-5,7,20H2,(H,22,25)/t8-/m1/s1. The second kappa shape index (κ2) is 7.00. The molecule has 6 nitrogen and oxygen atoms in total. The largest absolute Gasteiger partial charge is 0.471 e. The quantitative estimate of drug-likeness (QED) is 0.796. The van der Waals surface area contributed by atoms with Crippen molar-refractivity contribution in [3.8, 4) is 0 Å². The van der Waals surface area contributed by atoms with Gasteiger partial charge in [-0.2, -0.15) is 31.4 Å². The summed E-state index contributed by atoms with van der Waals surface area (Å²) in [6, 6.07) is -0.709. The van der Waals surface area contributed by atoms with E-state index >= 15 is 0 Å². The van der Waals surface area contributed by atoms with Crippen LogP contribution in [0.25, 0.3) is 0 Å². The summed E-state index contributed by atoms with van der Waals surface area (Å²) in [7, 11) is 0. The van der Waals surface area contributed by atoms with E-state index < -0.39 is 30.8 Å². The number of carbonyl (C=O) groups excluding carboxylic acids is 1. The van der Waals surface area contributed by atoms with Crippen LogP contribution in [0.3, 0.4) is 0 Å². The molecule has 0 unspecified atom stereocenters. The zero-order valence-corrected chi connectivity index (χ0v) is 13.0. The number of hydrogen-bond donors (Lipinski definition) is 2. The molecule has 0 saturated carbocycles. The number of nitrogens with two attached hydrogens (primary N) is 1. The Labute approximate surface area is 138 Å². The van der Waals surface area contributed by atoms with Gasteiger partial charge in [-0.05, 0) is 19.3 Å². The second-order valence-corrected chi connectivity index (χ2v) is 5.78. The van der Waals surface area contributed by atoms with Gasteiger partial charge in [-0.1, -0.05) is 0 Å². The number of aromatic nitrogens is 2. The molecular formula is C13H17F6N5O. The van der Waals surface area contributed by atoms with Crippen molar-refractivity contribution >= 4 is 17.4 Å². The molecule has 1 aliphatic heterocycles. The summed E-state index contributed by atoms with van der Waals surface area (Å²) in [4.78, 5) is 12.6. The fraction of sp³-hybridized carbons (Fsp3) is 0.692. The molecule has 0 aromatic carbocycles. The second-order valence-electron chi connectivity index (χ2n) is 5.78. The van der Waals surface area contributed by atoms with Crippen LogP contribution in [0.2, 0.25) is 0 Å². The number of halogens is 6. The minimum Gasteiger partial charge on any atom is -0.394 e. The van der Waals surface area contributed by atoms with Crippen molar-refractivity contribution in [3.05, 3.63) is 6.20 Å². The van der Waals surface area contributed by atoms with Crippen molar-refractivity contribution in [1.29, 1.82) is 0 Å². The molecule has 1 amide bonds. The van der Waals surface area contributed by atoms with E-state index in [2.05, 4.69) is 5.10 Å². The Hall–Kier alpha value is -2.14. The maximum atomic E-state index is 12.6. The Morgan fingerprint density at radius 1 is 1.24 bits per heavy atom. The lowest BCUT2D eigenvalue weighted by atomic mass is 10.1. The van der Waals surface area contributed by atoms with Crippen molar-refractivity contribution in [2.45, 2.75) is 44.2 Å². The zero-order valence-electron chi connectivity index (χ0n) is 13.0. The molecule has 0 spiro atoms. The summed E-state index contributed by atoms with van der Waals surface area (Å²) in [6.45, 7) is -0.868. The van der Waals surface area contributed by atoms with E-state index in [1.807, 2.05) is 5.32 Å². The summed E-state index contributed by atoms with van der Waals surface area (Å²) in [5, 5.41) is 5.53. The lowest BCUT2D eigenvalue weighted by Gasteiger charge is -2.25. The lowest BCUT2D eigenvalue weighted by molar-refractivity contribution is -0.174. The maximum absolute atomic E-state index is 12.6. The molecule has 0 radical (unpaired) electrons. The van der Waals surface area contributed by atoms with E-state index in [4.69, 9.17) is 5.73 Å². The summed E-state index contributed by atoms with van der Waals surface area (Å²) < 4.78 is 75.5. The van der Waals surface area contributed by atoms with E-state index in [1.165, 1.54) is 0 Å². The highest BCUT2D eigenvalue weighted by atomic mass is 19.4. The number of amides is 1. The van der Waals surface area contributed by atoms with Crippen molar-refractivity contribution in [2.24, 2.45) is 0 Å². The Morgan fingerprint density at radius 3 is 2.52 bits per heavy atom. The van der Waals surface area contributed by atoms with Crippen LogP contribution in [0, 0.1) is 0 Å². The molecule has 25 heavy (non-hydrogen) atoms. The topological polar surface area (TPSA) is 76.2 Å². The van der Waals surface area contributed by atoms with Crippen LogP contribution in [-0.2, 0) is 11.3 Å². The first-order valence-electron chi connectivity index (χ1n) is 7.48. The Bertz CT molecular complexity index is 611. The number of rotatable bonds is 3. The van der Waals surface area contributed by atoms with Gasteiger partial charge in [0.2, 0.25) is 0 Å². The van der Waals surface area contributed by atoms with Gasteiger partial charge in [0.25, 0.3) is 0 Å². The van der Waals surface area contributed by atoms with Gasteiger partial charge in [0, 0.05) is 19.1 Å². The molecule has 1 saturated heterocycles. The normalized spacial score (nSPS) is 19.6. The molecule has 142 valence electrons. The Balaban J connectivity index is 2.06. The van der Waals surface area contributed by atoms with E-state index in [-0.39, 0.29) is 30.9 Å². The number of carbonyl (C=O) groups is 1. The highest BCUT2D eigenvalue weighted by Crippen LogP contribution is 2.29. The molecule has 0 aliphatic carbocycles. The molecule has 1 aliphatic rings. The molecule has 12 heteroatoms. The van der Waals surface area contributed by atoms with Gasteiger partial charge in [-0.3, -0.25) is 4.79 Å². The zero-order chi connectivity index (χ0) is 18.8. The summed E-state index contributed by atoms with van der Waals surface area (Å²) in [6.07, 6.45) is -7.53.